The first-order chi connectivity index (χ1) is 9.98. The van der Waals surface area contributed by atoms with Gasteiger partial charge in [0.2, 0.25) is 0 Å². The van der Waals surface area contributed by atoms with Crippen LogP contribution in [-0.2, 0) is 13.2 Å². The number of aliphatic hydroxyl groups excluding tert-OH is 1. The van der Waals surface area contributed by atoms with Crippen LogP contribution in [0.2, 0.25) is 0 Å². The molecule has 0 spiro atoms. The van der Waals surface area contributed by atoms with E-state index in [0.29, 0.717) is 5.75 Å². The van der Waals surface area contributed by atoms with Crippen molar-refractivity contribution in [3.63, 3.8) is 0 Å². The van der Waals surface area contributed by atoms with Gasteiger partial charge in [-0.2, -0.15) is 0 Å². The van der Waals surface area contributed by atoms with Gasteiger partial charge in [-0.1, -0.05) is 30.3 Å². The van der Waals surface area contributed by atoms with Gasteiger partial charge in [-0.15, -0.1) is 0 Å². The van der Waals surface area contributed by atoms with Crippen LogP contribution in [-0.4, -0.2) is 10.6 Å². The van der Waals surface area contributed by atoms with Gasteiger partial charge < -0.3 is 15.2 Å². The highest BCUT2D eigenvalue weighted by atomic mass is 16.5. The summed E-state index contributed by atoms with van der Waals surface area (Å²) in [5, 5.41) is 12.8. The Morgan fingerprint density at radius 1 is 1.00 bits per heavy atom. The molecule has 0 saturated heterocycles. The summed E-state index contributed by atoms with van der Waals surface area (Å²) in [5.41, 5.74) is 2.11. The van der Waals surface area contributed by atoms with Crippen molar-refractivity contribution in [1.82, 2.24) is 5.32 Å². The molecule has 2 N–H and O–H groups in total. The molecule has 0 bridgehead atoms. The maximum atomic E-state index is 9.30. The lowest BCUT2D eigenvalue weighted by Gasteiger charge is -2.20. The summed E-state index contributed by atoms with van der Waals surface area (Å²) in [6, 6.07) is 15.5. The second kappa shape index (κ2) is 6.74. The van der Waals surface area contributed by atoms with E-state index in [1.807, 2.05) is 36.4 Å². The van der Waals surface area contributed by atoms with Crippen LogP contribution in [0.5, 0.6) is 11.5 Å². The lowest BCUT2D eigenvalue weighted by Crippen LogP contribution is -2.34. The van der Waals surface area contributed by atoms with Crippen LogP contribution < -0.4 is 10.1 Å². The van der Waals surface area contributed by atoms with Crippen LogP contribution in [0.1, 0.15) is 31.9 Å². The molecule has 2 aromatic rings. The van der Waals surface area contributed by atoms with E-state index < -0.39 is 0 Å². The maximum absolute atomic E-state index is 9.30. The summed E-state index contributed by atoms with van der Waals surface area (Å²) in [4.78, 5) is 0. The van der Waals surface area contributed by atoms with Gasteiger partial charge in [-0.05, 0) is 44.5 Å². The van der Waals surface area contributed by atoms with Crippen molar-refractivity contribution < 1.29 is 9.84 Å². The van der Waals surface area contributed by atoms with Crippen molar-refractivity contribution in [2.45, 2.75) is 39.5 Å². The molecule has 0 aliphatic rings. The minimum Gasteiger partial charge on any atom is -0.457 e. The fourth-order valence-corrected chi connectivity index (χ4v) is 1.90. The maximum Gasteiger partial charge on any atom is 0.132 e. The van der Waals surface area contributed by atoms with E-state index in [1.165, 1.54) is 5.56 Å². The van der Waals surface area contributed by atoms with E-state index in [2.05, 4.69) is 38.2 Å². The Morgan fingerprint density at radius 2 is 1.67 bits per heavy atom. The summed E-state index contributed by atoms with van der Waals surface area (Å²) >= 11 is 0. The molecule has 0 aromatic heterocycles. The average molecular weight is 285 g/mol. The molecule has 0 radical (unpaired) electrons. The second-order valence-corrected chi connectivity index (χ2v) is 6.12. The number of hydrogen-bond donors (Lipinski definition) is 2. The zero-order valence-corrected chi connectivity index (χ0v) is 12.9. The predicted octanol–water partition coefficient (Wildman–Crippen LogP) is 3.86. The highest BCUT2D eigenvalue weighted by molar-refractivity contribution is 5.38. The third-order valence-corrected chi connectivity index (χ3v) is 3.12. The Hall–Kier alpha value is -1.84. The van der Waals surface area contributed by atoms with Crippen molar-refractivity contribution >= 4 is 0 Å². The van der Waals surface area contributed by atoms with Gasteiger partial charge in [0, 0.05) is 17.6 Å². The SMILES string of the molecule is CC(C)(C)NCc1ccc(Oc2ccccc2CO)cc1. The van der Waals surface area contributed by atoms with Gasteiger partial charge in [-0.25, -0.2) is 0 Å². The van der Waals surface area contributed by atoms with Gasteiger partial charge in [-0.3, -0.25) is 0 Å². The van der Waals surface area contributed by atoms with Gasteiger partial charge in [0.15, 0.2) is 0 Å². The molecule has 0 aliphatic heterocycles. The minimum atomic E-state index is -0.0240. The molecular weight excluding hydrogens is 262 g/mol. The molecule has 0 atom stereocenters. The van der Waals surface area contributed by atoms with Crippen molar-refractivity contribution in [2.24, 2.45) is 0 Å². The first kappa shape index (κ1) is 15.5. The predicted molar refractivity (Wildman–Crippen MR) is 85.5 cm³/mol. The van der Waals surface area contributed by atoms with E-state index in [0.717, 1.165) is 17.9 Å². The Kier molecular flexibility index (Phi) is 4.99. The second-order valence-electron chi connectivity index (χ2n) is 6.12. The first-order valence-corrected chi connectivity index (χ1v) is 7.18. The van der Waals surface area contributed by atoms with Gasteiger partial charge >= 0.3 is 0 Å². The van der Waals surface area contributed by atoms with Crippen molar-refractivity contribution in [3.05, 3.63) is 59.7 Å². The molecule has 0 heterocycles. The molecule has 0 saturated carbocycles. The molecule has 3 heteroatoms. The summed E-state index contributed by atoms with van der Waals surface area (Å²) < 4.78 is 5.82. The van der Waals surface area contributed by atoms with E-state index in [1.54, 1.807) is 0 Å². The van der Waals surface area contributed by atoms with Crippen molar-refractivity contribution in [3.8, 4) is 11.5 Å². The highest BCUT2D eigenvalue weighted by Gasteiger charge is 2.08. The van der Waals surface area contributed by atoms with Gasteiger partial charge in [0.05, 0.1) is 6.61 Å². The fraction of sp³-hybridized carbons (Fsp3) is 0.333. The number of benzene rings is 2. The van der Waals surface area contributed by atoms with Crippen molar-refractivity contribution in [1.29, 1.82) is 0 Å². The van der Waals surface area contributed by atoms with Gasteiger partial charge in [0.25, 0.3) is 0 Å². The number of aliphatic hydroxyl groups is 1. The quantitative estimate of drug-likeness (QED) is 0.876. The normalized spacial score (nSPS) is 11.4. The number of ether oxygens (including phenoxy) is 1. The van der Waals surface area contributed by atoms with Gasteiger partial charge in [0.1, 0.15) is 11.5 Å². The van der Waals surface area contributed by atoms with E-state index in [9.17, 15) is 5.11 Å². The Balaban J connectivity index is 2.02. The van der Waals surface area contributed by atoms with Crippen LogP contribution in [0.25, 0.3) is 0 Å². The summed E-state index contributed by atoms with van der Waals surface area (Å²) in [6.07, 6.45) is 0. The topological polar surface area (TPSA) is 41.5 Å². The highest BCUT2D eigenvalue weighted by Crippen LogP contribution is 2.25. The lowest BCUT2D eigenvalue weighted by atomic mass is 10.1. The Morgan fingerprint density at radius 3 is 2.29 bits per heavy atom. The zero-order valence-electron chi connectivity index (χ0n) is 12.9. The molecule has 0 fully saturated rings. The largest absolute Gasteiger partial charge is 0.457 e. The smallest absolute Gasteiger partial charge is 0.132 e. The van der Waals surface area contributed by atoms with Crippen LogP contribution in [0.15, 0.2) is 48.5 Å². The van der Waals surface area contributed by atoms with E-state index in [-0.39, 0.29) is 12.1 Å². The lowest BCUT2D eigenvalue weighted by molar-refractivity contribution is 0.276. The monoisotopic (exact) mass is 285 g/mol. The standard InChI is InChI=1S/C18H23NO2/c1-18(2,3)19-12-14-8-10-16(11-9-14)21-17-7-5-4-6-15(17)13-20/h4-11,19-20H,12-13H2,1-3H3. The molecule has 3 nitrogen and oxygen atoms in total. The third kappa shape index (κ3) is 4.88. The van der Waals surface area contributed by atoms with Crippen LogP contribution in [0.3, 0.4) is 0 Å². The van der Waals surface area contributed by atoms with E-state index in [4.69, 9.17) is 4.74 Å². The van der Waals surface area contributed by atoms with Crippen LogP contribution in [0.4, 0.5) is 0 Å². The molecule has 0 unspecified atom stereocenters. The van der Waals surface area contributed by atoms with Crippen LogP contribution in [0, 0.1) is 0 Å². The average Bonchev–Trinajstić information content (AvgIpc) is 2.46. The van der Waals surface area contributed by atoms with Crippen LogP contribution >= 0.6 is 0 Å². The molecule has 112 valence electrons. The van der Waals surface area contributed by atoms with E-state index >= 15 is 0 Å². The first-order valence-electron chi connectivity index (χ1n) is 7.18. The number of nitrogens with one attached hydrogen (secondary N) is 1. The number of para-hydroxylation sites is 1. The summed E-state index contributed by atoms with van der Waals surface area (Å²) in [6.45, 7) is 7.25. The molecule has 2 rings (SSSR count). The zero-order chi connectivity index (χ0) is 15.3. The molecular formula is C18H23NO2. The minimum absolute atomic E-state index is 0.0240. The molecule has 0 amide bonds. The number of rotatable bonds is 5. The Bertz CT molecular complexity index is 571. The Labute approximate surface area is 126 Å². The summed E-state index contributed by atoms with van der Waals surface area (Å²) in [5.74, 6) is 1.47. The fourth-order valence-electron chi connectivity index (χ4n) is 1.90. The molecule has 0 aliphatic carbocycles. The van der Waals surface area contributed by atoms with Crippen molar-refractivity contribution in [2.75, 3.05) is 0 Å². The molecule has 21 heavy (non-hydrogen) atoms. The molecule has 2 aromatic carbocycles. The number of hydrogen-bond acceptors (Lipinski definition) is 3. The summed E-state index contributed by atoms with van der Waals surface area (Å²) in [7, 11) is 0. The third-order valence-electron chi connectivity index (χ3n) is 3.12.